The minimum absolute atomic E-state index is 0.318. The van der Waals surface area contributed by atoms with Crippen LogP contribution in [0.3, 0.4) is 0 Å². The molecular formula is C14H23N3O2. The maximum Gasteiger partial charge on any atom is 0.339 e. The monoisotopic (exact) mass is 265 g/mol. The van der Waals surface area contributed by atoms with Crippen molar-refractivity contribution in [3.8, 4) is 0 Å². The van der Waals surface area contributed by atoms with E-state index >= 15 is 0 Å². The van der Waals surface area contributed by atoms with Crippen LogP contribution in [0.5, 0.6) is 0 Å². The molecular weight excluding hydrogens is 242 g/mol. The highest BCUT2D eigenvalue weighted by atomic mass is 16.4. The molecule has 0 spiro atoms. The van der Waals surface area contributed by atoms with E-state index in [-0.39, 0.29) is 0 Å². The first-order valence-corrected chi connectivity index (χ1v) is 7.00. The summed E-state index contributed by atoms with van der Waals surface area (Å²) >= 11 is 0. The number of aromatic nitrogens is 2. The molecule has 5 nitrogen and oxygen atoms in total. The van der Waals surface area contributed by atoms with E-state index in [1.807, 2.05) is 0 Å². The molecule has 0 radical (unpaired) electrons. The zero-order chi connectivity index (χ0) is 13.8. The van der Waals surface area contributed by atoms with E-state index < -0.39 is 5.97 Å². The number of hydrogen-bond acceptors (Lipinski definition) is 3. The van der Waals surface area contributed by atoms with Gasteiger partial charge in [-0.15, -0.1) is 0 Å². The van der Waals surface area contributed by atoms with Crippen molar-refractivity contribution in [2.45, 2.75) is 38.6 Å². The lowest BCUT2D eigenvalue weighted by Gasteiger charge is -2.27. The van der Waals surface area contributed by atoms with E-state index in [4.69, 9.17) is 5.11 Å². The van der Waals surface area contributed by atoms with Gasteiger partial charge < -0.3 is 10.0 Å². The molecule has 0 saturated heterocycles. The number of carbonyl (C=O) groups is 1. The first-order chi connectivity index (χ1) is 9.08. The van der Waals surface area contributed by atoms with E-state index in [1.54, 1.807) is 11.7 Å². The fourth-order valence-electron chi connectivity index (χ4n) is 2.96. The third kappa shape index (κ3) is 3.56. The van der Waals surface area contributed by atoms with Gasteiger partial charge in [0.25, 0.3) is 0 Å². The van der Waals surface area contributed by atoms with Crippen molar-refractivity contribution in [3.63, 3.8) is 0 Å². The van der Waals surface area contributed by atoms with Crippen LogP contribution in [-0.4, -0.2) is 39.3 Å². The second-order valence-corrected chi connectivity index (χ2v) is 5.63. The molecule has 1 fully saturated rings. The van der Waals surface area contributed by atoms with Crippen LogP contribution in [0, 0.1) is 5.92 Å². The van der Waals surface area contributed by atoms with Crippen LogP contribution in [0.25, 0.3) is 0 Å². The number of carboxylic acids is 1. The highest BCUT2D eigenvalue weighted by Crippen LogP contribution is 2.24. The molecule has 0 amide bonds. The first-order valence-electron chi connectivity index (χ1n) is 7.00. The van der Waals surface area contributed by atoms with E-state index in [1.165, 1.54) is 38.3 Å². The molecule has 0 bridgehead atoms. The molecule has 5 heteroatoms. The predicted octanol–water partition coefficient (Wildman–Crippen LogP) is 2.13. The van der Waals surface area contributed by atoms with Crippen molar-refractivity contribution in [2.75, 3.05) is 13.6 Å². The predicted molar refractivity (Wildman–Crippen MR) is 73.1 cm³/mol. The molecule has 0 atom stereocenters. The lowest BCUT2D eigenvalue weighted by atomic mass is 9.89. The summed E-state index contributed by atoms with van der Waals surface area (Å²) in [4.78, 5) is 13.4. The van der Waals surface area contributed by atoms with Crippen LogP contribution in [-0.2, 0) is 13.6 Å². The van der Waals surface area contributed by atoms with Crippen LogP contribution in [0.1, 0.15) is 48.2 Å². The molecule has 0 aromatic carbocycles. The second kappa shape index (κ2) is 6.19. The normalized spacial score (nSPS) is 17.0. The summed E-state index contributed by atoms with van der Waals surface area (Å²) < 4.78 is 1.67. The zero-order valence-corrected chi connectivity index (χ0v) is 11.8. The summed E-state index contributed by atoms with van der Waals surface area (Å²) in [5, 5.41) is 13.2. The number of aryl methyl sites for hydroxylation is 1. The molecule has 1 heterocycles. The van der Waals surface area contributed by atoms with Gasteiger partial charge in [-0.05, 0) is 25.8 Å². The average molecular weight is 265 g/mol. The Labute approximate surface area is 114 Å². The summed E-state index contributed by atoms with van der Waals surface area (Å²) in [5.74, 6) is -0.130. The van der Waals surface area contributed by atoms with Gasteiger partial charge in [-0.25, -0.2) is 4.79 Å². The van der Waals surface area contributed by atoms with Crippen molar-refractivity contribution in [1.29, 1.82) is 0 Å². The molecule has 1 saturated carbocycles. The van der Waals surface area contributed by atoms with Crippen molar-refractivity contribution < 1.29 is 9.90 Å². The number of nitrogens with zero attached hydrogens (tertiary/aromatic N) is 3. The molecule has 0 aliphatic heterocycles. The van der Waals surface area contributed by atoms with Crippen LogP contribution < -0.4 is 0 Å². The quantitative estimate of drug-likeness (QED) is 0.886. The van der Waals surface area contributed by atoms with Crippen LogP contribution in [0.4, 0.5) is 0 Å². The van der Waals surface area contributed by atoms with Crippen LogP contribution >= 0.6 is 0 Å². The van der Waals surface area contributed by atoms with Crippen molar-refractivity contribution >= 4 is 5.97 Å². The van der Waals surface area contributed by atoms with Gasteiger partial charge in [-0.1, -0.05) is 19.3 Å². The van der Waals surface area contributed by atoms with Gasteiger partial charge in [-0.3, -0.25) is 4.68 Å². The molecule has 1 aromatic rings. The van der Waals surface area contributed by atoms with Crippen molar-refractivity contribution in [2.24, 2.45) is 13.0 Å². The smallest absolute Gasteiger partial charge is 0.339 e. The standard InChI is InChI=1S/C14H23N3O2/c1-16(9-11-6-4-3-5-7-11)10-13-12(14(18)19)8-15-17(13)2/h8,11H,3-7,9-10H2,1-2H3,(H,18,19). The summed E-state index contributed by atoms with van der Waals surface area (Å²) in [7, 11) is 3.86. The summed E-state index contributed by atoms with van der Waals surface area (Å²) in [5.41, 5.74) is 1.10. The molecule has 2 rings (SSSR count). The van der Waals surface area contributed by atoms with Crippen LogP contribution in [0.2, 0.25) is 0 Å². The molecule has 1 aliphatic rings. The molecule has 106 valence electrons. The third-order valence-electron chi connectivity index (χ3n) is 4.01. The van der Waals surface area contributed by atoms with E-state index in [9.17, 15) is 4.79 Å². The molecule has 1 N–H and O–H groups in total. The highest BCUT2D eigenvalue weighted by molar-refractivity contribution is 5.88. The summed E-state index contributed by atoms with van der Waals surface area (Å²) in [6.45, 7) is 1.69. The summed E-state index contributed by atoms with van der Waals surface area (Å²) in [6.07, 6.45) is 8.09. The minimum Gasteiger partial charge on any atom is -0.478 e. The Bertz CT molecular complexity index is 436. The van der Waals surface area contributed by atoms with Gasteiger partial charge >= 0.3 is 5.97 Å². The fourth-order valence-corrected chi connectivity index (χ4v) is 2.96. The fraction of sp³-hybridized carbons (Fsp3) is 0.714. The minimum atomic E-state index is -0.894. The molecule has 0 unspecified atom stereocenters. The van der Waals surface area contributed by atoms with Gasteiger partial charge in [0.1, 0.15) is 5.56 Å². The number of carboxylic acid groups (broad SMARTS) is 1. The number of hydrogen-bond donors (Lipinski definition) is 1. The Balaban J connectivity index is 1.96. The zero-order valence-electron chi connectivity index (χ0n) is 11.8. The summed E-state index contributed by atoms with van der Waals surface area (Å²) in [6, 6.07) is 0. The first kappa shape index (κ1) is 14.1. The van der Waals surface area contributed by atoms with E-state index in [0.29, 0.717) is 12.1 Å². The Hall–Kier alpha value is -1.36. The molecule has 1 aliphatic carbocycles. The largest absolute Gasteiger partial charge is 0.478 e. The topological polar surface area (TPSA) is 58.4 Å². The lowest BCUT2D eigenvalue weighted by molar-refractivity contribution is 0.0694. The van der Waals surface area contributed by atoms with Gasteiger partial charge in [0.15, 0.2) is 0 Å². The molecule has 19 heavy (non-hydrogen) atoms. The third-order valence-corrected chi connectivity index (χ3v) is 4.01. The average Bonchev–Trinajstić information content (AvgIpc) is 2.72. The van der Waals surface area contributed by atoms with Gasteiger partial charge in [-0.2, -0.15) is 5.10 Å². The number of rotatable bonds is 5. The Morgan fingerprint density at radius 1 is 1.47 bits per heavy atom. The van der Waals surface area contributed by atoms with Gasteiger partial charge in [0.2, 0.25) is 0 Å². The maximum absolute atomic E-state index is 11.1. The Kier molecular flexibility index (Phi) is 4.58. The molecule has 1 aromatic heterocycles. The van der Waals surface area contributed by atoms with Crippen LogP contribution in [0.15, 0.2) is 6.20 Å². The van der Waals surface area contributed by atoms with E-state index in [2.05, 4.69) is 17.0 Å². The van der Waals surface area contributed by atoms with Crippen molar-refractivity contribution in [3.05, 3.63) is 17.5 Å². The highest BCUT2D eigenvalue weighted by Gasteiger charge is 2.19. The Morgan fingerprint density at radius 2 is 2.16 bits per heavy atom. The lowest BCUT2D eigenvalue weighted by Crippen LogP contribution is -2.28. The Morgan fingerprint density at radius 3 is 2.79 bits per heavy atom. The second-order valence-electron chi connectivity index (χ2n) is 5.63. The van der Waals surface area contributed by atoms with Gasteiger partial charge in [0, 0.05) is 20.1 Å². The van der Waals surface area contributed by atoms with Gasteiger partial charge in [0.05, 0.1) is 11.9 Å². The maximum atomic E-state index is 11.1. The van der Waals surface area contributed by atoms with E-state index in [0.717, 1.165) is 18.2 Å². The van der Waals surface area contributed by atoms with Crippen molar-refractivity contribution in [1.82, 2.24) is 14.7 Å². The number of aromatic carboxylic acids is 1. The SMILES string of the molecule is CN(Cc1c(C(=O)O)cnn1C)CC1CCCCC1.